The summed E-state index contributed by atoms with van der Waals surface area (Å²) in [6.07, 6.45) is 1.99. The summed E-state index contributed by atoms with van der Waals surface area (Å²) in [5.41, 5.74) is 17.1. The van der Waals surface area contributed by atoms with E-state index in [0.717, 1.165) is 5.56 Å². The fourth-order valence-electron chi connectivity index (χ4n) is 3.56. The number of nitrogens with two attached hydrogens (primary N) is 3. The third-order valence-corrected chi connectivity index (χ3v) is 6.37. The number of carbonyl (C=O) groups is 5. The number of nitrogens with one attached hydrogen (secondary N) is 3. The van der Waals surface area contributed by atoms with E-state index in [1.54, 1.807) is 30.3 Å². The second-order valence-electron chi connectivity index (χ2n) is 8.98. The van der Waals surface area contributed by atoms with Crippen molar-refractivity contribution < 1.29 is 34.2 Å². The standard InChI is InChI=1S/C25H39N7O7S/c1-40-13-11-17(22(36)31-18(24(38)39)8-5-12-29-25(27)28)30-23(37)19(14-15-6-3-2-4-7-15)32-21(35)16(26)9-10-20(33)34/h2-4,6-7,16-19H,5,8-14,26H2,1H3,(H,30,37)(H,31,36)(H,32,35)(H,33,34)(H,38,39)(H4,27,28,29). The van der Waals surface area contributed by atoms with E-state index in [2.05, 4.69) is 20.9 Å². The number of nitrogens with zero attached hydrogens (tertiary/aromatic N) is 1. The van der Waals surface area contributed by atoms with Crippen LogP contribution in [0.15, 0.2) is 35.3 Å². The Balaban J connectivity index is 3.03. The van der Waals surface area contributed by atoms with E-state index < -0.39 is 53.8 Å². The fourth-order valence-corrected chi connectivity index (χ4v) is 4.03. The SMILES string of the molecule is CSCCC(NC(=O)C(Cc1ccccc1)NC(=O)C(N)CCC(=O)O)C(=O)NC(CCCN=C(N)N)C(=O)O. The van der Waals surface area contributed by atoms with Gasteiger partial charge in [0.2, 0.25) is 17.7 Å². The number of aliphatic carboxylic acids is 2. The molecule has 15 heteroatoms. The van der Waals surface area contributed by atoms with Crippen molar-refractivity contribution in [2.75, 3.05) is 18.6 Å². The Morgan fingerprint density at radius 2 is 1.48 bits per heavy atom. The van der Waals surface area contributed by atoms with Crippen LogP contribution in [0.25, 0.3) is 0 Å². The maximum absolute atomic E-state index is 13.3. The molecule has 0 aliphatic rings. The first kappa shape index (κ1) is 34.2. The lowest BCUT2D eigenvalue weighted by Gasteiger charge is -2.25. The minimum absolute atomic E-state index is 0.0575. The molecule has 0 aliphatic heterocycles. The summed E-state index contributed by atoms with van der Waals surface area (Å²) < 4.78 is 0. The topological polar surface area (TPSA) is 252 Å². The van der Waals surface area contributed by atoms with Crippen LogP contribution in [-0.4, -0.2) is 88.6 Å². The number of hydrogen-bond donors (Lipinski definition) is 8. The van der Waals surface area contributed by atoms with Crippen molar-refractivity contribution in [2.24, 2.45) is 22.2 Å². The molecule has 0 radical (unpaired) electrons. The van der Waals surface area contributed by atoms with Gasteiger partial charge in [0.25, 0.3) is 0 Å². The molecular weight excluding hydrogens is 542 g/mol. The Morgan fingerprint density at radius 1 is 0.875 bits per heavy atom. The van der Waals surface area contributed by atoms with E-state index in [1.165, 1.54) is 11.8 Å². The van der Waals surface area contributed by atoms with Crippen LogP contribution in [0, 0.1) is 0 Å². The third kappa shape index (κ3) is 13.8. The molecule has 222 valence electrons. The average Bonchev–Trinajstić information content (AvgIpc) is 2.90. The molecule has 1 aromatic carbocycles. The lowest BCUT2D eigenvalue weighted by molar-refractivity contribution is -0.142. The van der Waals surface area contributed by atoms with Gasteiger partial charge in [-0.05, 0) is 43.3 Å². The van der Waals surface area contributed by atoms with Crippen molar-refractivity contribution in [3.05, 3.63) is 35.9 Å². The summed E-state index contributed by atoms with van der Waals surface area (Å²) in [4.78, 5) is 65.4. The number of hydrogen-bond acceptors (Lipinski definition) is 8. The van der Waals surface area contributed by atoms with Crippen LogP contribution in [0.5, 0.6) is 0 Å². The third-order valence-electron chi connectivity index (χ3n) is 5.73. The number of aliphatic imine (C=N–C) groups is 1. The maximum Gasteiger partial charge on any atom is 0.326 e. The predicted octanol–water partition coefficient (Wildman–Crippen LogP) is -1.23. The van der Waals surface area contributed by atoms with E-state index in [9.17, 15) is 29.1 Å². The summed E-state index contributed by atoms with van der Waals surface area (Å²) in [6, 6.07) is 4.22. The first-order valence-electron chi connectivity index (χ1n) is 12.6. The van der Waals surface area contributed by atoms with E-state index in [1.807, 2.05) is 6.26 Å². The first-order chi connectivity index (χ1) is 18.9. The van der Waals surface area contributed by atoms with E-state index in [-0.39, 0.29) is 44.6 Å². The molecule has 4 atom stereocenters. The van der Waals surface area contributed by atoms with Gasteiger partial charge in [0, 0.05) is 19.4 Å². The number of carboxylic acids is 2. The summed E-state index contributed by atoms with van der Waals surface area (Å²) >= 11 is 1.43. The van der Waals surface area contributed by atoms with Crippen LogP contribution >= 0.6 is 11.8 Å². The highest BCUT2D eigenvalue weighted by Gasteiger charge is 2.30. The lowest BCUT2D eigenvalue weighted by Crippen LogP contribution is -2.57. The maximum atomic E-state index is 13.3. The zero-order chi connectivity index (χ0) is 30.1. The number of amides is 3. The minimum Gasteiger partial charge on any atom is -0.481 e. The normalized spacial score (nSPS) is 13.7. The van der Waals surface area contributed by atoms with Crippen molar-refractivity contribution in [3.63, 3.8) is 0 Å². The molecule has 0 aromatic heterocycles. The molecule has 4 unspecified atom stereocenters. The van der Waals surface area contributed by atoms with Gasteiger partial charge >= 0.3 is 11.9 Å². The Morgan fingerprint density at radius 3 is 2.05 bits per heavy atom. The van der Waals surface area contributed by atoms with Gasteiger partial charge in [0.05, 0.1) is 6.04 Å². The summed E-state index contributed by atoms with van der Waals surface area (Å²) in [7, 11) is 0. The van der Waals surface area contributed by atoms with E-state index in [4.69, 9.17) is 22.3 Å². The van der Waals surface area contributed by atoms with Crippen LogP contribution < -0.4 is 33.2 Å². The minimum atomic E-state index is -1.25. The molecule has 0 aliphatic carbocycles. The zero-order valence-corrected chi connectivity index (χ0v) is 23.2. The average molecular weight is 582 g/mol. The highest BCUT2D eigenvalue weighted by molar-refractivity contribution is 7.98. The second kappa shape index (κ2) is 18.4. The number of benzene rings is 1. The summed E-state index contributed by atoms with van der Waals surface area (Å²) in [5.74, 6) is -4.10. The smallest absolute Gasteiger partial charge is 0.326 e. The summed E-state index contributed by atoms with van der Waals surface area (Å²) in [6.45, 7) is 0.185. The molecule has 0 bridgehead atoms. The van der Waals surface area contributed by atoms with Crippen LogP contribution in [0.4, 0.5) is 0 Å². The first-order valence-corrected chi connectivity index (χ1v) is 14.0. The molecule has 14 nitrogen and oxygen atoms in total. The van der Waals surface area contributed by atoms with Crippen LogP contribution in [0.2, 0.25) is 0 Å². The lowest BCUT2D eigenvalue weighted by atomic mass is 10.0. The molecule has 1 rings (SSSR count). The van der Waals surface area contributed by atoms with Crippen molar-refractivity contribution in [3.8, 4) is 0 Å². The van der Waals surface area contributed by atoms with Crippen molar-refractivity contribution in [1.29, 1.82) is 0 Å². The van der Waals surface area contributed by atoms with Gasteiger partial charge in [0.15, 0.2) is 5.96 Å². The highest BCUT2D eigenvalue weighted by Crippen LogP contribution is 2.08. The molecule has 3 amide bonds. The molecule has 40 heavy (non-hydrogen) atoms. The second-order valence-corrected chi connectivity index (χ2v) is 9.97. The van der Waals surface area contributed by atoms with Gasteiger partial charge in [-0.15, -0.1) is 0 Å². The molecular formula is C25H39N7O7S. The molecule has 0 saturated carbocycles. The monoisotopic (exact) mass is 581 g/mol. The molecule has 0 saturated heterocycles. The van der Waals surface area contributed by atoms with Crippen molar-refractivity contribution in [1.82, 2.24) is 16.0 Å². The Labute approximate surface area is 236 Å². The Bertz CT molecular complexity index is 1020. The highest BCUT2D eigenvalue weighted by atomic mass is 32.2. The van der Waals surface area contributed by atoms with Gasteiger partial charge in [0.1, 0.15) is 18.1 Å². The van der Waals surface area contributed by atoms with Gasteiger partial charge < -0.3 is 43.4 Å². The number of guanidine groups is 1. The van der Waals surface area contributed by atoms with E-state index >= 15 is 0 Å². The summed E-state index contributed by atoms with van der Waals surface area (Å²) in [5, 5.41) is 26.1. The molecule has 0 fully saturated rings. The largest absolute Gasteiger partial charge is 0.481 e. The van der Waals surface area contributed by atoms with Gasteiger partial charge in [-0.3, -0.25) is 24.2 Å². The zero-order valence-electron chi connectivity index (χ0n) is 22.4. The van der Waals surface area contributed by atoms with Gasteiger partial charge in [-0.1, -0.05) is 30.3 Å². The number of carboxylic acid groups (broad SMARTS) is 2. The van der Waals surface area contributed by atoms with E-state index in [0.29, 0.717) is 12.2 Å². The number of thioether (sulfide) groups is 1. The molecule has 1 aromatic rings. The predicted molar refractivity (Wildman–Crippen MR) is 151 cm³/mol. The van der Waals surface area contributed by atoms with Crippen LogP contribution in [0.1, 0.15) is 37.7 Å². The number of carbonyl (C=O) groups excluding carboxylic acids is 3. The molecule has 0 heterocycles. The van der Waals surface area contributed by atoms with Gasteiger partial charge in [-0.25, -0.2) is 4.79 Å². The Hall–Kier alpha value is -3.85. The quantitative estimate of drug-likeness (QED) is 0.0545. The fraction of sp³-hybridized carbons (Fsp3) is 0.520. The van der Waals surface area contributed by atoms with Crippen LogP contribution in [-0.2, 0) is 30.4 Å². The van der Waals surface area contributed by atoms with Gasteiger partial charge in [-0.2, -0.15) is 11.8 Å². The molecule has 0 spiro atoms. The van der Waals surface area contributed by atoms with Crippen molar-refractivity contribution in [2.45, 2.75) is 62.7 Å². The molecule has 11 N–H and O–H groups in total. The van der Waals surface area contributed by atoms with Crippen LogP contribution in [0.3, 0.4) is 0 Å². The van der Waals surface area contributed by atoms with Crippen molar-refractivity contribution >= 4 is 47.4 Å². The number of rotatable bonds is 19. The Kier molecular flexibility index (Phi) is 15.8.